The van der Waals surface area contributed by atoms with Crippen LogP contribution in [0.25, 0.3) is 0 Å². The summed E-state index contributed by atoms with van der Waals surface area (Å²) in [6.45, 7) is 16.5. The lowest BCUT2D eigenvalue weighted by Crippen LogP contribution is -2.16. The largest absolute Gasteiger partial charge is 0.465 e. The van der Waals surface area contributed by atoms with Crippen molar-refractivity contribution in [2.45, 2.75) is 61.8 Å². The zero-order valence-corrected chi connectivity index (χ0v) is 14.4. The van der Waals surface area contributed by atoms with Crippen molar-refractivity contribution in [1.82, 2.24) is 0 Å². The Kier molecular flexibility index (Phi) is 11.4. The zero-order valence-electron chi connectivity index (χ0n) is 14.4. The smallest absolute Gasteiger partial charge is 0.302 e. The second-order valence-corrected chi connectivity index (χ2v) is 6.39. The fraction of sp³-hybridized carbons (Fsp3) is 0.875. The number of carbonyl (C=O) groups excluding carboxylic acids is 2. The summed E-state index contributed by atoms with van der Waals surface area (Å²) < 4.78 is 9.41. The van der Waals surface area contributed by atoms with E-state index in [4.69, 9.17) is 9.47 Å². The van der Waals surface area contributed by atoms with E-state index in [1.54, 1.807) is 0 Å². The second kappa shape index (κ2) is 10.7. The Bertz CT molecular complexity index is 261. The van der Waals surface area contributed by atoms with Gasteiger partial charge in [0.15, 0.2) is 0 Å². The minimum Gasteiger partial charge on any atom is -0.465 e. The van der Waals surface area contributed by atoms with Crippen LogP contribution in [0.15, 0.2) is 0 Å². The number of rotatable bonds is 5. The molecule has 0 fully saturated rings. The molecule has 0 aliphatic heterocycles. The average Bonchev–Trinajstić information content (AvgIpc) is 2.32. The molecule has 0 aliphatic rings. The topological polar surface area (TPSA) is 52.6 Å². The average molecular weight is 288 g/mol. The summed E-state index contributed by atoms with van der Waals surface area (Å²) in [4.78, 5) is 20.7. The lowest BCUT2D eigenvalue weighted by molar-refractivity contribution is -0.145. The van der Waals surface area contributed by atoms with E-state index in [2.05, 4.69) is 34.6 Å². The number of hydrogen-bond acceptors (Lipinski definition) is 4. The molecule has 0 bridgehead atoms. The second-order valence-electron chi connectivity index (χ2n) is 6.39. The maximum Gasteiger partial charge on any atom is 0.302 e. The number of hydrogen-bond donors (Lipinski definition) is 0. The molecule has 120 valence electrons. The van der Waals surface area contributed by atoms with Crippen molar-refractivity contribution in [3.05, 3.63) is 0 Å². The minimum absolute atomic E-state index is 0.0535. The molecular weight excluding hydrogens is 256 g/mol. The molecule has 0 rings (SSSR count). The highest BCUT2D eigenvalue weighted by molar-refractivity contribution is 5.66. The van der Waals surface area contributed by atoms with Crippen LogP contribution in [0.1, 0.15) is 61.8 Å². The Labute approximate surface area is 124 Å². The Morgan fingerprint density at radius 1 is 0.950 bits per heavy atom. The van der Waals surface area contributed by atoms with Crippen LogP contribution in [-0.2, 0) is 19.1 Å². The van der Waals surface area contributed by atoms with Crippen molar-refractivity contribution < 1.29 is 19.1 Å². The van der Waals surface area contributed by atoms with Crippen LogP contribution in [0.2, 0.25) is 0 Å². The predicted octanol–water partition coefficient (Wildman–Crippen LogP) is 3.83. The SMILES string of the molecule is CC(=O)OCC(C)COC(C)=O.CCC(C)C(C)(C)C. The summed E-state index contributed by atoms with van der Waals surface area (Å²) in [6.07, 6.45) is 1.30. The lowest BCUT2D eigenvalue weighted by atomic mass is 9.81. The molecular formula is C16H32O4. The molecule has 1 unspecified atom stereocenters. The van der Waals surface area contributed by atoms with Gasteiger partial charge in [0.1, 0.15) is 0 Å². The summed E-state index contributed by atoms with van der Waals surface area (Å²) in [5.74, 6) is 0.273. The van der Waals surface area contributed by atoms with Gasteiger partial charge in [-0.3, -0.25) is 9.59 Å². The van der Waals surface area contributed by atoms with Gasteiger partial charge in [-0.15, -0.1) is 0 Å². The van der Waals surface area contributed by atoms with Gasteiger partial charge in [-0.1, -0.05) is 48.0 Å². The van der Waals surface area contributed by atoms with Gasteiger partial charge in [0.25, 0.3) is 0 Å². The van der Waals surface area contributed by atoms with Crippen LogP contribution in [-0.4, -0.2) is 25.2 Å². The van der Waals surface area contributed by atoms with E-state index in [9.17, 15) is 9.59 Å². The van der Waals surface area contributed by atoms with Gasteiger partial charge >= 0.3 is 11.9 Å². The van der Waals surface area contributed by atoms with Crippen molar-refractivity contribution in [2.75, 3.05) is 13.2 Å². The van der Waals surface area contributed by atoms with Crippen LogP contribution in [0, 0.1) is 17.3 Å². The molecule has 0 aromatic carbocycles. The highest BCUT2D eigenvalue weighted by Gasteiger charge is 2.16. The van der Waals surface area contributed by atoms with E-state index in [1.807, 2.05) is 6.92 Å². The third kappa shape index (κ3) is 15.0. The Morgan fingerprint density at radius 2 is 1.30 bits per heavy atom. The minimum atomic E-state index is -0.315. The fourth-order valence-electron chi connectivity index (χ4n) is 1.18. The molecule has 0 aliphatic carbocycles. The van der Waals surface area contributed by atoms with Crippen molar-refractivity contribution in [1.29, 1.82) is 0 Å². The Morgan fingerprint density at radius 3 is 1.45 bits per heavy atom. The van der Waals surface area contributed by atoms with Crippen molar-refractivity contribution in [3.63, 3.8) is 0 Å². The molecule has 20 heavy (non-hydrogen) atoms. The first-order valence-electron chi connectivity index (χ1n) is 7.27. The van der Waals surface area contributed by atoms with Crippen LogP contribution in [0.3, 0.4) is 0 Å². The van der Waals surface area contributed by atoms with Gasteiger partial charge in [0.2, 0.25) is 0 Å². The summed E-state index contributed by atoms with van der Waals surface area (Å²) >= 11 is 0. The van der Waals surface area contributed by atoms with Gasteiger partial charge in [-0.25, -0.2) is 0 Å². The highest BCUT2D eigenvalue weighted by atomic mass is 16.5. The highest BCUT2D eigenvalue weighted by Crippen LogP contribution is 2.27. The number of carbonyl (C=O) groups is 2. The molecule has 0 saturated heterocycles. The molecule has 0 aromatic heterocycles. The van der Waals surface area contributed by atoms with Gasteiger partial charge in [-0.05, 0) is 11.3 Å². The maximum absolute atomic E-state index is 10.4. The molecule has 4 nitrogen and oxygen atoms in total. The van der Waals surface area contributed by atoms with Crippen LogP contribution in [0.4, 0.5) is 0 Å². The standard InChI is InChI=1S/C8H14O4.C8H18/c1-6(4-11-7(2)9)5-12-8(3)10;1-6-7(2)8(3,4)5/h6H,4-5H2,1-3H3;7H,6H2,1-5H3. The third-order valence-corrected chi connectivity index (χ3v) is 3.23. The van der Waals surface area contributed by atoms with Gasteiger partial charge in [0, 0.05) is 19.8 Å². The number of esters is 2. The van der Waals surface area contributed by atoms with Crippen LogP contribution in [0.5, 0.6) is 0 Å². The van der Waals surface area contributed by atoms with Gasteiger partial charge < -0.3 is 9.47 Å². The van der Waals surface area contributed by atoms with E-state index >= 15 is 0 Å². The summed E-state index contributed by atoms with van der Waals surface area (Å²) in [5, 5.41) is 0. The molecule has 0 saturated carbocycles. The Hall–Kier alpha value is -1.06. The summed E-state index contributed by atoms with van der Waals surface area (Å²) in [5.41, 5.74) is 0.509. The molecule has 0 amide bonds. The van der Waals surface area contributed by atoms with E-state index in [0.29, 0.717) is 18.6 Å². The molecule has 0 heterocycles. The van der Waals surface area contributed by atoms with Crippen LogP contribution < -0.4 is 0 Å². The van der Waals surface area contributed by atoms with E-state index in [-0.39, 0.29) is 17.9 Å². The summed E-state index contributed by atoms with van der Waals surface area (Å²) in [7, 11) is 0. The first kappa shape index (κ1) is 21.2. The monoisotopic (exact) mass is 288 g/mol. The zero-order chi connectivity index (χ0) is 16.3. The first-order valence-corrected chi connectivity index (χ1v) is 7.27. The van der Waals surface area contributed by atoms with E-state index in [0.717, 1.165) is 5.92 Å². The molecule has 0 radical (unpaired) electrons. The van der Waals surface area contributed by atoms with Crippen molar-refractivity contribution in [3.8, 4) is 0 Å². The summed E-state index contributed by atoms with van der Waals surface area (Å²) in [6, 6.07) is 0. The van der Waals surface area contributed by atoms with Crippen molar-refractivity contribution >= 4 is 11.9 Å². The van der Waals surface area contributed by atoms with Gasteiger partial charge in [0.05, 0.1) is 13.2 Å². The maximum atomic E-state index is 10.4. The van der Waals surface area contributed by atoms with Crippen molar-refractivity contribution in [2.24, 2.45) is 17.3 Å². The number of ether oxygens (including phenoxy) is 2. The lowest BCUT2D eigenvalue weighted by Gasteiger charge is -2.25. The third-order valence-electron chi connectivity index (χ3n) is 3.23. The molecule has 0 N–H and O–H groups in total. The molecule has 4 heteroatoms. The Balaban J connectivity index is 0. The molecule has 1 atom stereocenters. The quantitative estimate of drug-likeness (QED) is 0.721. The van der Waals surface area contributed by atoms with E-state index < -0.39 is 0 Å². The molecule has 0 aromatic rings. The fourth-order valence-corrected chi connectivity index (χ4v) is 1.18. The van der Waals surface area contributed by atoms with E-state index in [1.165, 1.54) is 20.3 Å². The van der Waals surface area contributed by atoms with Gasteiger partial charge in [-0.2, -0.15) is 0 Å². The predicted molar refractivity (Wildman–Crippen MR) is 81.3 cm³/mol. The van der Waals surface area contributed by atoms with Crippen LogP contribution >= 0.6 is 0 Å². The molecule has 0 spiro atoms. The first-order chi connectivity index (χ1) is 9.00. The normalized spacial score (nSPS) is 12.2.